The van der Waals surface area contributed by atoms with E-state index in [9.17, 15) is 18.0 Å². The van der Waals surface area contributed by atoms with Crippen molar-refractivity contribution in [3.05, 3.63) is 47.2 Å². The molecule has 1 aromatic carbocycles. The molecule has 0 saturated heterocycles. The van der Waals surface area contributed by atoms with Crippen molar-refractivity contribution < 1.29 is 18.0 Å². The summed E-state index contributed by atoms with van der Waals surface area (Å²) in [4.78, 5) is 12.2. The van der Waals surface area contributed by atoms with Gasteiger partial charge < -0.3 is 5.32 Å². The first-order chi connectivity index (χ1) is 11.9. The molecule has 132 valence electrons. The van der Waals surface area contributed by atoms with Gasteiger partial charge in [-0.15, -0.1) is 0 Å². The number of aromatic nitrogens is 2. The summed E-state index contributed by atoms with van der Waals surface area (Å²) in [6, 6.07) is 5.70. The van der Waals surface area contributed by atoms with Crippen LogP contribution in [0.5, 0.6) is 0 Å². The number of carbonyl (C=O) groups is 1. The Bertz CT molecular complexity index is 806. The normalized spacial score (nSPS) is 21.2. The van der Waals surface area contributed by atoms with Gasteiger partial charge in [-0.2, -0.15) is 18.3 Å². The standard InChI is InChI=1S/C18H18F3N3O/c19-18(20,21)15-8-4-3-7-12(15)13-9-16(25)23-17-14(13)10-22-24(17)11-5-1-2-6-11/h3-4,7-8,10-11,13H,1-2,5-6,9H2,(H,23,25). The Hall–Kier alpha value is -2.31. The molecule has 1 amide bonds. The van der Waals surface area contributed by atoms with Crippen molar-refractivity contribution in [3.63, 3.8) is 0 Å². The zero-order chi connectivity index (χ0) is 17.6. The molecule has 1 saturated carbocycles. The van der Waals surface area contributed by atoms with Gasteiger partial charge in [-0.25, -0.2) is 4.68 Å². The number of nitrogens with zero attached hydrogens (tertiary/aromatic N) is 2. The summed E-state index contributed by atoms with van der Waals surface area (Å²) in [5.41, 5.74) is 0.120. The van der Waals surface area contributed by atoms with E-state index in [2.05, 4.69) is 10.4 Å². The molecule has 7 heteroatoms. The van der Waals surface area contributed by atoms with Crippen molar-refractivity contribution in [1.29, 1.82) is 0 Å². The van der Waals surface area contributed by atoms with Crippen LogP contribution in [0.15, 0.2) is 30.5 Å². The van der Waals surface area contributed by atoms with Gasteiger partial charge in [-0.1, -0.05) is 31.0 Å². The molecule has 2 heterocycles. The van der Waals surface area contributed by atoms with Crippen LogP contribution in [-0.2, 0) is 11.0 Å². The number of rotatable bonds is 2. The number of benzene rings is 1. The molecule has 2 aliphatic rings. The number of amides is 1. The Morgan fingerprint density at radius 1 is 1.12 bits per heavy atom. The van der Waals surface area contributed by atoms with Gasteiger partial charge in [-0.05, 0) is 24.5 Å². The molecule has 1 aromatic heterocycles. The Kier molecular flexibility index (Phi) is 3.81. The largest absolute Gasteiger partial charge is 0.416 e. The van der Waals surface area contributed by atoms with E-state index in [4.69, 9.17) is 0 Å². The Labute approximate surface area is 143 Å². The fraction of sp³-hybridized carbons (Fsp3) is 0.444. The predicted molar refractivity (Wildman–Crippen MR) is 86.3 cm³/mol. The molecule has 0 radical (unpaired) electrons. The zero-order valence-corrected chi connectivity index (χ0v) is 13.5. The summed E-state index contributed by atoms with van der Waals surface area (Å²) in [7, 11) is 0. The highest BCUT2D eigenvalue weighted by atomic mass is 19.4. The highest BCUT2D eigenvalue weighted by molar-refractivity contribution is 5.94. The molecule has 1 aliphatic carbocycles. The molecule has 1 atom stereocenters. The molecule has 1 aliphatic heterocycles. The second kappa shape index (κ2) is 5.89. The van der Waals surface area contributed by atoms with Gasteiger partial charge in [-0.3, -0.25) is 4.79 Å². The average molecular weight is 349 g/mol. The van der Waals surface area contributed by atoms with Crippen LogP contribution in [0.4, 0.5) is 19.0 Å². The average Bonchev–Trinajstić information content (AvgIpc) is 3.22. The van der Waals surface area contributed by atoms with E-state index >= 15 is 0 Å². The van der Waals surface area contributed by atoms with E-state index in [1.165, 1.54) is 12.1 Å². The highest BCUT2D eigenvalue weighted by Gasteiger charge is 2.39. The molecule has 4 rings (SSSR count). The van der Waals surface area contributed by atoms with Gasteiger partial charge in [0.15, 0.2) is 0 Å². The topological polar surface area (TPSA) is 46.9 Å². The minimum atomic E-state index is -4.45. The van der Waals surface area contributed by atoms with Crippen molar-refractivity contribution in [1.82, 2.24) is 9.78 Å². The van der Waals surface area contributed by atoms with Crippen molar-refractivity contribution in [2.24, 2.45) is 0 Å². The lowest BCUT2D eigenvalue weighted by Gasteiger charge is -2.27. The lowest BCUT2D eigenvalue weighted by molar-refractivity contribution is -0.138. The molecule has 0 bridgehead atoms. The number of anilines is 1. The van der Waals surface area contributed by atoms with Crippen LogP contribution in [0.25, 0.3) is 0 Å². The number of fused-ring (bicyclic) bond motifs is 1. The van der Waals surface area contributed by atoms with Crippen LogP contribution in [0, 0.1) is 0 Å². The van der Waals surface area contributed by atoms with E-state index < -0.39 is 17.7 Å². The second-order valence-corrected chi connectivity index (χ2v) is 6.72. The number of halogens is 3. The van der Waals surface area contributed by atoms with Crippen LogP contribution in [0.3, 0.4) is 0 Å². The lowest BCUT2D eigenvalue weighted by atomic mass is 9.84. The maximum absolute atomic E-state index is 13.4. The third-order valence-electron chi connectivity index (χ3n) is 5.16. The zero-order valence-electron chi connectivity index (χ0n) is 13.5. The fourth-order valence-electron chi connectivity index (χ4n) is 4.00. The van der Waals surface area contributed by atoms with Crippen LogP contribution < -0.4 is 5.32 Å². The summed E-state index contributed by atoms with van der Waals surface area (Å²) in [6.45, 7) is 0. The summed E-state index contributed by atoms with van der Waals surface area (Å²) in [6.07, 6.45) is 1.33. The molecular weight excluding hydrogens is 331 g/mol. The summed E-state index contributed by atoms with van der Waals surface area (Å²) < 4.78 is 42.0. The van der Waals surface area contributed by atoms with Crippen molar-refractivity contribution in [2.75, 3.05) is 5.32 Å². The third kappa shape index (κ3) is 2.81. The second-order valence-electron chi connectivity index (χ2n) is 6.72. The minimum Gasteiger partial charge on any atom is -0.311 e. The molecule has 4 nitrogen and oxygen atoms in total. The third-order valence-corrected chi connectivity index (χ3v) is 5.16. The van der Waals surface area contributed by atoms with E-state index in [1.54, 1.807) is 16.9 Å². The number of hydrogen-bond acceptors (Lipinski definition) is 2. The maximum Gasteiger partial charge on any atom is 0.416 e. The maximum atomic E-state index is 13.4. The molecular formula is C18H18F3N3O. The SMILES string of the molecule is O=C1CC(c2ccccc2C(F)(F)F)c2cnn(C3CCCC3)c2N1. The molecule has 25 heavy (non-hydrogen) atoms. The Morgan fingerprint density at radius 2 is 1.84 bits per heavy atom. The van der Waals surface area contributed by atoms with Crippen molar-refractivity contribution in [2.45, 2.75) is 50.2 Å². The minimum absolute atomic E-state index is 0.00352. The van der Waals surface area contributed by atoms with Gasteiger partial charge in [0, 0.05) is 17.9 Å². The predicted octanol–water partition coefficient (Wildman–Crippen LogP) is 4.49. The van der Waals surface area contributed by atoms with Gasteiger partial charge in [0.1, 0.15) is 5.82 Å². The molecule has 1 N–H and O–H groups in total. The first-order valence-corrected chi connectivity index (χ1v) is 8.48. The molecule has 0 spiro atoms. The molecule has 1 fully saturated rings. The Morgan fingerprint density at radius 3 is 2.56 bits per heavy atom. The van der Waals surface area contributed by atoms with Crippen LogP contribution >= 0.6 is 0 Å². The fourth-order valence-corrected chi connectivity index (χ4v) is 4.00. The highest BCUT2D eigenvalue weighted by Crippen LogP contribution is 2.44. The van der Waals surface area contributed by atoms with Crippen LogP contribution in [0.2, 0.25) is 0 Å². The summed E-state index contributed by atoms with van der Waals surface area (Å²) in [5.74, 6) is -0.337. The van der Waals surface area contributed by atoms with E-state index in [0.717, 1.165) is 31.7 Å². The monoisotopic (exact) mass is 349 g/mol. The van der Waals surface area contributed by atoms with Gasteiger partial charge in [0.2, 0.25) is 5.91 Å². The summed E-state index contributed by atoms with van der Waals surface area (Å²) in [5, 5.41) is 7.23. The summed E-state index contributed by atoms with van der Waals surface area (Å²) >= 11 is 0. The van der Waals surface area contributed by atoms with E-state index in [-0.39, 0.29) is 23.9 Å². The number of carbonyl (C=O) groups excluding carboxylic acids is 1. The Balaban J connectivity index is 1.80. The van der Waals surface area contributed by atoms with Crippen molar-refractivity contribution >= 4 is 11.7 Å². The quantitative estimate of drug-likeness (QED) is 0.868. The van der Waals surface area contributed by atoms with Gasteiger partial charge >= 0.3 is 6.18 Å². The van der Waals surface area contributed by atoms with E-state index in [0.29, 0.717) is 11.4 Å². The number of nitrogens with one attached hydrogen (secondary N) is 1. The number of hydrogen-bond donors (Lipinski definition) is 1. The lowest BCUT2D eigenvalue weighted by Crippen LogP contribution is -2.26. The van der Waals surface area contributed by atoms with Gasteiger partial charge in [0.25, 0.3) is 0 Å². The van der Waals surface area contributed by atoms with E-state index in [1.807, 2.05) is 0 Å². The number of alkyl halides is 3. The van der Waals surface area contributed by atoms with Crippen molar-refractivity contribution in [3.8, 4) is 0 Å². The molecule has 1 unspecified atom stereocenters. The van der Waals surface area contributed by atoms with Crippen LogP contribution in [0.1, 0.15) is 60.8 Å². The van der Waals surface area contributed by atoms with Crippen LogP contribution in [-0.4, -0.2) is 15.7 Å². The first-order valence-electron chi connectivity index (χ1n) is 8.48. The first kappa shape index (κ1) is 16.2. The smallest absolute Gasteiger partial charge is 0.311 e. The van der Waals surface area contributed by atoms with Gasteiger partial charge in [0.05, 0.1) is 17.8 Å². The molecule has 2 aromatic rings.